The van der Waals surface area contributed by atoms with Gasteiger partial charge in [-0.05, 0) is 18.8 Å². The van der Waals surface area contributed by atoms with Crippen LogP contribution in [0.2, 0.25) is 0 Å². The number of nitrogens with zero attached hydrogens (tertiary/aromatic N) is 1. The molecule has 1 fully saturated rings. The number of piperidine rings is 1. The number of amides is 1. The first kappa shape index (κ1) is 17.4. The van der Waals surface area contributed by atoms with Crippen molar-refractivity contribution in [2.75, 3.05) is 25.9 Å². The Labute approximate surface area is 111 Å². The molecule has 1 aliphatic rings. The molecule has 108 valence electrons. The molecule has 0 aromatic carbocycles. The van der Waals surface area contributed by atoms with E-state index in [-0.39, 0.29) is 18.9 Å². The normalized spacial score (nSPS) is 17.0. The summed E-state index contributed by atoms with van der Waals surface area (Å²) in [7, 11) is -3.18. The van der Waals surface area contributed by atoms with E-state index in [1.54, 1.807) is 0 Å². The number of hydrogen-bond acceptors (Lipinski definition) is 3. The lowest BCUT2D eigenvalue weighted by Gasteiger charge is -2.30. The minimum absolute atomic E-state index is 0.0445. The maximum atomic E-state index is 11.7. The van der Waals surface area contributed by atoms with E-state index >= 15 is 0 Å². The Balaban J connectivity index is 0.00000137. The van der Waals surface area contributed by atoms with Crippen molar-refractivity contribution in [2.24, 2.45) is 5.92 Å². The highest BCUT2D eigenvalue weighted by Crippen LogP contribution is 2.16. The number of carbonyl (C=O) groups is 1. The molecule has 1 rings (SSSR count). The predicted octanol–water partition coefficient (Wildman–Crippen LogP) is 1.21. The third-order valence-electron chi connectivity index (χ3n) is 2.84. The van der Waals surface area contributed by atoms with Crippen LogP contribution in [0.3, 0.4) is 0 Å². The number of hydrogen-bond donors (Lipinski definition) is 1. The van der Waals surface area contributed by atoms with Gasteiger partial charge in [-0.1, -0.05) is 20.8 Å². The van der Waals surface area contributed by atoms with Crippen LogP contribution < -0.4 is 4.72 Å². The predicted molar refractivity (Wildman–Crippen MR) is 73.8 cm³/mol. The lowest BCUT2D eigenvalue weighted by molar-refractivity contribution is -0.132. The molecule has 0 spiro atoms. The van der Waals surface area contributed by atoms with Gasteiger partial charge in [0.15, 0.2) is 0 Å². The fourth-order valence-electron chi connectivity index (χ4n) is 1.76. The van der Waals surface area contributed by atoms with Crippen LogP contribution in [-0.4, -0.2) is 45.1 Å². The standard InChI is InChI=1S/C10H20N2O3S.C2H6/c1-9-4-7-12(8-5-9)10(13)3-6-11-16(2,14)15;1-2/h9,11H,3-8H2,1-2H3;1-2H3. The van der Waals surface area contributed by atoms with E-state index in [4.69, 9.17) is 0 Å². The first-order chi connectivity index (χ1) is 8.38. The maximum absolute atomic E-state index is 11.7. The summed E-state index contributed by atoms with van der Waals surface area (Å²) in [6.07, 6.45) is 3.44. The molecular formula is C12H26N2O3S. The van der Waals surface area contributed by atoms with E-state index < -0.39 is 10.0 Å². The number of rotatable bonds is 4. The third-order valence-corrected chi connectivity index (χ3v) is 3.57. The fraction of sp³-hybridized carbons (Fsp3) is 0.917. The Bertz CT molecular complexity index is 333. The third kappa shape index (κ3) is 7.66. The lowest BCUT2D eigenvalue weighted by atomic mass is 9.99. The highest BCUT2D eigenvalue weighted by atomic mass is 32.2. The molecular weight excluding hydrogens is 252 g/mol. The van der Waals surface area contributed by atoms with E-state index in [2.05, 4.69) is 11.6 Å². The Hall–Kier alpha value is -0.620. The van der Waals surface area contributed by atoms with Gasteiger partial charge in [0.1, 0.15) is 0 Å². The molecule has 6 heteroatoms. The molecule has 0 saturated carbocycles. The number of nitrogens with one attached hydrogen (secondary N) is 1. The van der Waals surface area contributed by atoms with Gasteiger partial charge in [-0.3, -0.25) is 4.79 Å². The summed E-state index contributed by atoms with van der Waals surface area (Å²) in [4.78, 5) is 13.5. The summed E-state index contributed by atoms with van der Waals surface area (Å²) < 4.78 is 23.9. The molecule has 5 nitrogen and oxygen atoms in total. The topological polar surface area (TPSA) is 66.5 Å². The van der Waals surface area contributed by atoms with Crippen molar-refractivity contribution in [1.82, 2.24) is 9.62 Å². The summed E-state index contributed by atoms with van der Waals surface area (Å²) in [6, 6.07) is 0. The van der Waals surface area contributed by atoms with Crippen LogP contribution in [0, 0.1) is 5.92 Å². The first-order valence-electron chi connectivity index (χ1n) is 6.61. The van der Waals surface area contributed by atoms with Gasteiger partial charge >= 0.3 is 0 Å². The second kappa shape index (κ2) is 8.48. The Morgan fingerprint density at radius 3 is 2.22 bits per heavy atom. The molecule has 1 N–H and O–H groups in total. The number of sulfonamides is 1. The van der Waals surface area contributed by atoms with Gasteiger partial charge in [0.25, 0.3) is 0 Å². The average molecular weight is 278 g/mol. The van der Waals surface area contributed by atoms with Crippen LogP contribution in [0.5, 0.6) is 0 Å². The van der Waals surface area contributed by atoms with Gasteiger partial charge in [0, 0.05) is 26.1 Å². The molecule has 1 aliphatic heterocycles. The van der Waals surface area contributed by atoms with Gasteiger partial charge in [-0.15, -0.1) is 0 Å². The van der Waals surface area contributed by atoms with E-state index in [1.165, 1.54) is 0 Å². The molecule has 1 saturated heterocycles. The summed E-state index contributed by atoms with van der Waals surface area (Å²) in [5.41, 5.74) is 0. The molecule has 0 radical (unpaired) electrons. The van der Waals surface area contributed by atoms with E-state index in [0.29, 0.717) is 5.92 Å². The van der Waals surface area contributed by atoms with E-state index in [1.807, 2.05) is 18.7 Å². The maximum Gasteiger partial charge on any atom is 0.223 e. The van der Waals surface area contributed by atoms with Crippen molar-refractivity contribution in [3.63, 3.8) is 0 Å². The average Bonchev–Trinajstić information content (AvgIpc) is 2.30. The van der Waals surface area contributed by atoms with Gasteiger partial charge in [-0.2, -0.15) is 0 Å². The van der Waals surface area contributed by atoms with Crippen molar-refractivity contribution in [2.45, 2.75) is 40.0 Å². The Kier molecular flexibility index (Phi) is 8.18. The molecule has 0 atom stereocenters. The van der Waals surface area contributed by atoms with Crippen molar-refractivity contribution in [3.05, 3.63) is 0 Å². The molecule has 0 aromatic rings. The van der Waals surface area contributed by atoms with Crippen molar-refractivity contribution >= 4 is 15.9 Å². The lowest BCUT2D eigenvalue weighted by Crippen LogP contribution is -2.39. The smallest absolute Gasteiger partial charge is 0.223 e. The second-order valence-electron chi connectivity index (χ2n) is 4.48. The monoisotopic (exact) mass is 278 g/mol. The van der Waals surface area contributed by atoms with Gasteiger partial charge in [0.05, 0.1) is 6.26 Å². The summed E-state index contributed by atoms with van der Waals surface area (Å²) >= 11 is 0. The number of carbonyl (C=O) groups excluding carboxylic acids is 1. The summed E-state index contributed by atoms with van der Waals surface area (Å²) in [6.45, 7) is 7.99. The minimum Gasteiger partial charge on any atom is -0.343 e. The summed E-state index contributed by atoms with van der Waals surface area (Å²) in [5, 5.41) is 0. The first-order valence-corrected chi connectivity index (χ1v) is 8.50. The highest BCUT2D eigenvalue weighted by molar-refractivity contribution is 7.88. The van der Waals surface area contributed by atoms with Crippen LogP contribution in [-0.2, 0) is 14.8 Å². The van der Waals surface area contributed by atoms with Crippen LogP contribution >= 0.6 is 0 Å². The summed E-state index contributed by atoms with van der Waals surface area (Å²) in [5.74, 6) is 0.737. The highest BCUT2D eigenvalue weighted by Gasteiger charge is 2.19. The van der Waals surface area contributed by atoms with Gasteiger partial charge in [0.2, 0.25) is 15.9 Å². The molecule has 0 aliphatic carbocycles. The molecule has 18 heavy (non-hydrogen) atoms. The van der Waals surface area contributed by atoms with Crippen LogP contribution in [0.15, 0.2) is 0 Å². The fourth-order valence-corrected chi connectivity index (χ4v) is 2.23. The van der Waals surface area contributed by atoms with Crippen LogP contribution in [0.1, 0.15) is 40.0 Å². The molecule has 0 unspecified atom stereocenters. The van der Waals surface area contributed by atoms with Crippen LogP contribution in [0.25, 0.3) is 0 Å². The molecule has 0 aromatic heterocycles. The molecule has 1 amide bonds. The van der Waals surface area contributed by atoms with E-state index in [9.17, 15) is 13.2 Å². The van der Waals surface area contributed by atoms with E-state index in [0.717, 1.165) is 32.2 Å². The quantitative estimate of drug-likeness (QED) is 0.840. The molecule has 0 bridgehead atoms. The molecule has 1 heterocycles. The minimum atomic E-state index is -3.18. The zero-order valence-electron chi connectivity index (χ0n) is 11.9. The van der Waals surface area contributed by atoms with Crippen molar-refractivity contribution < 1.29 is 13.2 Å². The zero-order chi connectivity index (χ0) is 14.2. The van der Waals surface area contributed by atoms with Gasteiger partial charge in [-0.25, -0.2) is 13.1 Å². The van der Waals surface area contributed by atoms with Gasteiger partial charge < -0.3 is 4.90 Å². The Morgan fingerprint density at radius 2 is 1.78 bits per heavy atom. The number of likely N-dealkylation sites (tertiary alicyclic amines) is 1. The van der Waals surface area contributed by atoms with Crippen molar-refractivity contribution in [1.29, 1.82) is 0 Å². The second-order valence-corrected chi connectivity index (χ2v) is 6.31. The largest absolute Gasteiger partial charge is 0.343 e. The Morgan fingerprint density at radius 1 is 1.28 bits per heavy atom. The van der Waals surface area contributed by atoms with Crippen LogP contribution in [0.4, 0.5) is 0 Å². The van der Waals surface area contributed by atoms with Crippen molar-refractivity contribution in [3.8, 4) is 0 Å². The zero-order valence-corrected chi connectivity index (χ0v) is 12.7. The SMILES string of the molecule is CC.CC1CCN(C(=O)CCNS(C)(=O)=O)CC1.